The van der Waals surface area contributed by atoms with E-state index < -0.39 is 0 Å². The molecule has 20 heavy (non-hydrogen) atoms. The standard InChI is InChI=1S/C18H23NO/c1-4-19-14(2)17-12-8-9-13-18(17)20-15(3)16-10-6-5-7-11-16/h5-15,19H,4H2,1-3H3. The summed E-state index contributed by atoms with van der Waals surface area (Å²) in [7, 11) is 0. The fraction of sp³-hybridized carbons (Fsp3) is 0.333. The van der Waals surface area contributed by atoms with Gasteiger partial charge in [0.05, 0.1) is 0 Å². The topological polar surface area (TPSA) is 21.3 Å². The van der Waals surface area contributed by atoms with Gasteiger partial charge >= 0.3 is 0 Å². The molecule has 2 rings (SSSR count). The molecule has 0 bridgehead atoms. The summed E-state index contributed by atoms with van der Waals surface area (Å²) >= 11 is 0. The molecule has 106 valence electrons. The fourth-order valence-electron chi connectivity index (χ4n) is 2.34. The number of ether oxygens (including phenoxy) is 1. The summed E-state index contributed by atoms with van der Waals surface area (Å²) in [5.41, 5.74) is 2.40. The third-order valence-electron chi connectivity index (χ3n) is 3.47. The summed E-state index contributed by atoms with van der Waals surface area (Å²) in [5.74, 6) is 0.956. The first-order valence-electron chi connectivity index (χ1n) is 7.26. The molecule has 0 aliphatic rings. The molecule has 2 aromatic rings. The lowest BCUT2D eigenvalue weighted by atomic mass is 10.1. The Morgan fingerprint density at radius 1 is 0.950 bits per heavy atom. The zero-order chi connectivity index (χ0) is 14.4. The molecule has 0 spiro atoms. The molecule has 0 aliphatic heterocycles. The lowest BCUT2D eigenvalue weighted by Gasteiger charge is -2.21. The van der Waals surface area contributed by atoms with Crippen LogP contribution in [0.4, 0.5) is 0 Å². The van der Waals surface area contributed by atoms with E-state index in [9.17, 15) is 0 Å². The molecule has 2 aromatic carbocycles. The van der Waals surface area contributed by atoms with E-state index >= 15 is 0 Å². The van der Waals surface area contributed by atoms with Crippen molar-refractivity contribution in [2.45, 2.75) is 32.9 Å². The van der Waals surface area contributed by atoms with Crippen LogP contribution in [0.5, 0.6) is 5.75 Å². The highest BCUT2D eigenvalue weighted by Crippen LogP contribution is 2.29. The third kappa shape index (κ3) is 3.61. The minimum Gasteiger partial charge on any atom is -0.486 e. The van der Waals surface area contributed by atoms with Gasteiger partial charge in [0.1, 0.15) is 11.9 Å². The fourth-order valence-corrected chi connectivity index (χ4v) is 2.34. The van der Waals surface area contributed by atoms with Crippen LogP contribution in [0.2, 0.25) is 0 Å². The largest absolute Gasteiger partial charge is 0.486 e. The van der Waals surface area contributed by atoms with Crippen molar-refractivity contribution < 1.29 is 4.74 Å². The maximum Gasteiger partial charge on any atom is 0.124 e. The Bertz CT molecular complexity index is 524. The quantitative estimate of drug-likeness (QED) is 0.834. The first kappa shape index (κ1) is 14.6. The Balaban J connectivity index is 2.17. The summed E-state index contributed by atoms with van der Waals surface area (Å²) < 4.78 is 6.16. The van der Waals surface area contributed by atoms with E-state index in [2.05, 4.69) is 50.4 Å². The van der Waals surface area contributed by atoms with Gasteiger partial charge in [0.2, 0.25) is 0 Å². The van der Waals surface area contributed by atoms with E-state index in [0.29, 0.717) is 6.04 Å². The number of para-hydroxylation sites is 1. The van der Waals surface area contributed by atoms with Gasteiger partial charge in [0.25, 0.3) is 0 Å². The molecule has 0 saturated carbocycles. The number of benzene rings is 2. The van der Waals surface area contributed by atoms with Crippen LogP contribution in [-0.4, -0.2) is 6.54 Å². The van der Waals surface area contributed by atoms with Gasteiger partial charge in [0.15, 0.2) is 0 Å². The van der Waals surface area contributed by atoms with Gasteiger partial charge < -0.3 is 10.1 Å². The molecule has 2 atom stereocenters. The van der Waals surface area contributed by atoms with Crippen LogP contribution in [0.25, 0.3) is 0 Å². The smallest absolute Gasteiger partial charge is 0.124 e. The minimum atomic E-state index is 0.0474. The summed E-state index contributed by atoms with van der Waals surface area (Å²) in [6.07, 6.45) is 0.0474. The molecular weight excluding hydrogens is 246 g/mol. The van der Waals surface area contributed by atoms with Crippen molar-refractivity contribution in [3.8, 4) is 5.75 Å². The average Bonchev–Trinajstić information content (AvgIpc) is 2.49. The highest BCUT2D eigenvalue weighted by molar-refractivity contribution is 5.36. The van der Waals surface area contributed by atoms with Crippen molar-refractivity contribution in [3.05, 3.63) is 65.7 Å². The molecule has 2 nitrogen and oxygen atoms in total. The lowest BCUT2D eigenvalue weighted by Crippen LogP contribution is -2.18. The second kappa shape index (κ2) is 7.11. The van der Waals surface area contributed by atoms with Crippen molar-refractivity contribution in [2.75, 3.05) is 6.54 Å². The van der Waals surface area contributed by atoms with Gasteiger partial charge in [-0.3, -0.25) is 0 Å². The van der Waals surface area contributed by atoms with Crippen molar-refractivity contribution in [1.29, 1.82) is 0 Å². The van der Waals surface area contributed by atoms with E-state index in [-0.39, 0.29) is 6.10 Å². The molecule has 0 amide bonds. The highest BCUT2D eigenvalue weighted by atomic mass is 16.5. The summed E-state index contributed by atoms with van der Waals surface area (Å²) in [6, 6.07) is 18.9. The molecule has 2 unspecified atom stereocenters. The van der Waals surface area contributed by atoms with E-state index in [1.807, 2.05) is 30.3 Å². The Morgan fingerprint density at radius 3 is 2.30 bits per heavy atom. The average molecular weight is 269 g/mol. The predicted octanol–water partition coefficient (Wildman–Crippen LogP) is 4.50. The molecule has 2 heteroatoms. The molecule has 0 radical (unpaired) electrons. The van der Waals surface area contributed by atoms with Gasteiger partial charge in [0, 0.05) is 11.6 Å². The minimum absolute atomic E-state index is 0.0474. The van der Waals surface area contributed by atoms with Crippen molar-refractivity contribution >= 4 is 0 Å². The Hall–Kier alpha value is -1.80. The number of rotatable bonds is 6. The molecule has 0 saturated heterocycles. The normalized spacial score (nSPS) is 13.8. The SMILES string of the molecule is CCNC(C)c1ccccc1OC(C)c1ccccc1. The van der Waals surface area contributed by atoms with Crippen LogP contribution >= 0.6 is 0 Å². The molecule has 0 aromatic heterocycles. The zero-order valence-corrected chi connectivity index (χ0v) is 12.5. The van der Waals surface area contributed by atoms with Crippen molar-refractivity contribution in [1.82, 2.24) is 5.32 Å². The Labute approximate surface area is 121 Å². The maximum absolute atomic E-state index is 6.16. The van der Waals surface area contributed by atoms with Crippen LogP contribution < -0.4 is 10.1 Å². The van der Waals surface area contributed by atoms with Crippen molar-refractivity contribution in [2.24, 2.45) is 0 Å². The van der Waals surface area contributed by atoms with Crippen LogP contribution in [0.1, 0.15) is 44.0 Å². The summed E-state index contributed by atoms with van der Waals surface area (Å²) in [5, 5.41) is 3.44. The number of nitrogens with one attached hydrogen (secondary N) is 1. The number of hydrogen-bond donors (Lipinski definition) is 1. The molecule has 1 N–H and O–H groups in total. The van der Waals surface area contributed by atoms with E-state index in [1.165, 1.54) is 11.1 Å². The van der Waals surface area contributed by atoms with Gasteiger partial charge in [-0.2, -0.15) is 0 Å². The second-order valence-corrected chi connectivity index (χ2v) is 4.99. The summed E-state index contributed by atoms with van der Waals surface area (Å²) in [4.78, 5) is 0. The van der Waals surface area contributed by atoms with Gasteiger partial charge in [-0.25, -0.2) is 0 Å². The highest BCUT2D eigenvalue weighted by Gasteiger charge is 2.13. The second-order valence-electron chi connectivity index (χ2n) is 4.99. The van der Waals surface area contributed by atoms with Crippen LogP contribution in [0.3, 0.4) is 0 Å². The third-order valence-corrected chi connectivity index (χ3v) is 3.47. The first-order valence-corrected chi connectivity index (χ1v) is 7.26. The lowest BCUT2D eigenvalue weighted by molar-refractivity contribution is 0.223. The number of hydrogen-bond acceptors (Lipinski definition) is 2. The van der Waals surface area contributed by atoms with Gasteiger partial charge in [-0.15, -0.1) is 0 Å². The van der Waals surface area contributed by atoms with Crippen LogP contribution in [-0.2, 0) is 0 Å². The van der Waals surface area contributed by atoms with Crippen molar-refractivity contribution in [3.63, 3.8) is 0 Å². The monoisotopic (exact) mass is 269 g/mol. The summed E-state index contributed by atoms with van der Waals surface area (Å²) in [6.45, 7) is 7.32. The maximum atomic E-state index is 6.16. The molecule has 0 heterocycles. The predicted molar refractivity (Wildman–Crippen MR) is 84.0 cm³/mol. The Morgan fingerprint density at radius 2 is 1.60 bits per heavy atom. The van der Waals surface area contributed by atoms with Crippen LogP contribution in [0.15, 0.2) is 54.6 Å². The van der Waals surface area contributed by atoms with E-state index in [1.54, 1.807) is 0 Å². The van der Waals surface area contributed by atoms with Gasteiger partial charge in [-0.1, -0.05) is 55.5 Å². The molecular formula is C18H23NO. The van der Waals surface area contributed by atoms with E-state index in [4.69, 9.17) is 4.74 Å². The molecule has 0 aliphatic carbocycles. The zero-order valence-electron chi connectivity index (χ0n) is 12.5. The van der Waals surface area contributed by atoms with E-state index in [0.717, 1.165) is 12.3 Å². The first-order chi connectivity index (χ1) is 9.72. The van der Waals surface area contributed by atoms with Crippen LogP contribution in [0, 0.1) is 0 Å². The molecule has 0 fully saturated rings. The van der Waals surface area contributed by atoms with Gasteiger partial charge in [-0.05, 0) is 32.0 Å². The Kier molecular flexibility index (Phi) is 5.19.